The van der Waals surface area contributed by atoms with E-state index in [0.717, 1.165) is 37.7 Å². The van der Waals surface area contributed by atoms with Gasteiger partial charge in [-0.15, -0.1) is 0 Å². The van der Waals surface area contributed by atoms with Gasteiger partial charge in [0.05, 0.1) is 18.6 Å². The minimum absolute atomic E-state index is 0.0268. The molecule has 0 heterocycles. The van der Waals surface area contributed by atoms with Crippen LogP contribution in [0.15, 0.2) is 24.3 Å². The van der Waals surface area contributed by atoms with Crippen molar-refractivity contribution in [1.29, 1.82) is 0 Å². The Labute approximate surface area is 191 Å². The van der Waals surface area contributed by atoms with E-state index < -0.39 is 38.6 Å². The lowest BCUT2D eigenvalue weighted by atomic mass is 9.91. The number of rotatable bonds is 9. The van der Waals surface area contributed by atoms with Crippen molar-refractivity contribution in [2.24, 2.45) is 11.7 Å². The first-order chi connectivity index (χ1) is 14.8. The summed E-state index contributed by atoms with van der Waals surface area (Å²) in [6.07, 6.45) is 4.73. The van der Waals surface area contributed by atoms with Crippen LogP contribution in [-0.4, -0.2) is 50.0 Å². The number of hydrogen-bond donors (Lipinski definition) is 2. The second kappa shape index (κ2) is 10.7. The van der Waals surface area contributed by atoms with Crippen molar-refractivity contribution < 1.29 is 27.5 Å². The standard InChI is InChI=1S/C23H36N2O6S/c1-22(2,3)31-21(27)23(24,16-32(28,29)15-18-8-6-5-7-9-18)20(26)25-14-17-10-12-19(30-4)13-11-17/h10-13,18H,5-9,14-16,24H2,1-4H3,(H,25,26)/t23-/m1/s1. The van der Waals surface area contributed by atoms with Crippen LogP contribution in [0.4, 0.5) is 0 Å². The average Bonchev–Trinajstić information content (AvgIpc) is 2.71. The van der Waals surface area contributed by atoms with Gasteiger partial charge in [-0.1, -0.05) is 31.4 Å². The molecule has 0 saturated heterocycles. The molecule has 9 heteroatoms. The average molecular weight is 469 g/mol. The first-order valence-electron chi connectivity index (χ1n) is 11.0. The van der Waals surface area contributed by atoms with Crippen molar-refractivity contribution in [3.05, 3.63) is 29.8 Å². The van der Waals surface area contributed by atoms with Gasteiger partial charge >= 0.3 is 5.97 Å². The van der Waals surface area contributed by atoms with Crippen molar-refractivity contribution in [1.82, 2.24) is 5.32 Å². The Kier molecular flexibility index (Phi) is 8.70. The monoisotopic (exact) mass is 468 g/mol. The van der Waals surface area contributed by atoms with Gasteiger partial charge < -0.3 is 20.5 Å². The van der Waals surface area contributed by atoms with Crippen molar-refractivity contribution in [3.63, 3.8) is 0 Å². The smallest absolute Gasteiger partial charge is 0.337 e. The number of amides is 1. The first kappa shape index (κ1) is 26.1. The van der Waals surface area contributed by atoms with Crippen LogP contribution in [-0.2, 0) is 30.7 Å². The van der Waals surface area contributed by atoms with E-state index in [1.54, 1.807) is 52.1 Å². The Hall–Kier alpha value is -2.13. The van der Waals surface area contributed by atoms with Crippen molar-refractivity contribution in [2.75, 3.05) is 18.6 Å². The predicted molar refractivity (Wildman–Crippen MR) is 123 cm³/mol. The van der Waals surface area contributed by atoms with Gasteiger partial charge in [0.1, 0.15) is 11.4 Å². The maximum Gasteiger partial charge on any atom is 0.337 e. The third kappa shape index (κ3) is 7.78. The van der Waals surface area contributed by atoms with Gasteiger partial charge in [0.25, 0.3) is 5.91 Å². The second-order valence-electron chi connectivity index (χ2n) is 9.56. The molecule has 1 aromatic rings. The Morgan fingerprint density at radius 1 is 1.09 bits per heavy atom. The summed E-state index contributed by atoms with van der Waals surface area (Å²) in [6.45, 7) is 4.98. The minimum atomic E-state index is -3.78. The molecule has 1 aliphatic carbocycles. The normalized spacial score (nSPS) is 17.3. The molecular formula is C23H36N2O6S. The molecule has 0 unspecified atom stereocenters. The van der Waals surface area contributed by atoms with Crippen molar-refractivity contribution in [2.45, 2.75) is 70.6 Å². The van der Waals surface area contributed by atoms with Crippen LogP contribution in [0.2, 0.25) is 0 Å². The molecule has 0 radical (unpaired) electrons. The lowest BCUT2D eigenvalue weighted by Crippen LogP contribution is -2.65. The van der Waals surface area contributed by atoms with Crippen molar-refractivity contribution in [3.8, 4) is 5.75 Å². The molecule has 1 amide bonds. The molecule has 0 aliphatic heterocycles. The van der Waals surface area contributed by atoms with E-state index in [-0.39, 0.29) is 18.2 Å². The van der Waals surface area contributed by atoms with Gasteiger partial charge in [0.2, 0.25) is 5.54 Å². The van der Waals surface area contributed by atoms with Crippen LogP contribution in [0.5, 0.6) is 5.75 Å². The highest BCUT2D eigenvalue weighted by Gasteiger charge is 2.48. The summed E-state index contributed by atoms with van der Waals surface area (Å²) in [5, 5.41) is 2.60. The number of benzene rings is 1. The third-order valence-electron chi connectivity index (χ3n) is 5.44. The first-order valence-corrected chi connectivity index (χ1v) is 12.8. The quantitative estimate of drug-likeness (QED) is 0.421. The van der Waals surface area contributed by atoms with Crippen molar-refractivity contribution >= 4 is 21.7 Å². The molecule has 8 nitrogen and oxygen atoms in total. The summed E-state index contributed by atoms with van der Waals surface area (Å²) in [5.41, 5.74) is 3.69. The van der Waals surface area contributed by atoms with E-state index in [1.165, 1.54) is 0 Å². The number of nitrogens with one attached hydrogen (secondary N) is 1. The van der Waals surface area contributed by atoms with Gasteiger partial charge in [-0.05, 0) is 57.2 Å². The van der Waals surface area contributed by atoms with Crippen LogP contribution in [0, 0.1) is 5.92 Å². The number of hydrogen-bond acceptors (Lipinski definition) is 7. The summed E-state index contributed by atoms with van der Waals surface area (Å²) in [5.74, 6) is -2.12. The summed E-state index contributed by atoms with van der Waals surface area (Å²) in [4.78, 5) is 25.9. The van der Waals surface area contributed by atoms with Crippen LogP contribution < -0.4 is 15.8 Å². The SMILES string of the molecule is COc1ccc(CNC(=O)[C@](N)(CS(=O)(=O)CC2CCCCC2)C(=O)OC(C)(C)C)cc1. The Morgan fingerprint density at radius 2 is 1.69 bits per heavy atom. The number of ether oxygens (including phenoxy) is 2. The Balaban J connectivity index is 2.18. The van der Waals surface area contributed by atoms with Crippen LogP contribution >= 0.6 is 0 Å². The van der Waals surface area contributed by atoms with E-state index >= 15 is 0 Å². The summed E-state index contributed by atoms with van der Waals surface area (Å²) >= 11 is 0. The number of methoxy groups -OCH3 is 1. The molecule has 1 aromatic carbocycles. The van der Waals surface area contributed by atoms with Crippen LogP contribution in [0.25, 0.3) is 0 Å². The second-order valence-corrected chi connectivity index (χ2v) is 11.7. The molecule has 180 valence electrons. The molecule has 32 heavy (non-hydrogen) atoms. The third-order valence-corrected chi connectivity index (χ3v) is 7.32. The fraction of sp³-hybridized carbons (Fsp3) is 0.652. The zero-order valence-corrected chi connectivity index (χ0v) is 20.3. The summed E-state index contributed by atoms with van der Waals surface area (Å²) in [7, 11) is -2.23. The zero-order chi connectivity index (χ0) is 24.0. The number of carbonyl (C=O) groups excluding carboxylic acids is 2. The Morgan fingerprint density at radius 3 is 2.22 bits per heavy atom. The summed E-state index contributed by atoms with van der Waals surface area (Å²) in [6, 6.07) is 6.98. The van der Waals surface area contributed by atoms with Crippen LogP contribution in [0.3, 0.4) is 0 Å². The van der Waals surface area contributed by atoms with E-state index in [4.69, 9.17) is 15.2 Å². The molecule has 0 bridgehead atoms. The highest BCUT2D eigenvalue weighted by molar-refractivity contribution is 7.91. The highest BCUT2D eigenvalue weighted by atomic mass is 32.2. The molecular weight excluding hydrogens is 432 g/mol. The van der Waals surface area contributed by atoms with Gasteiger partial charge in [-0.25, -0.2) is 13.2 Å². The fourth-order valence-corrected chi connectivity index (χ4v) is 5.90. The lowest BCUT2D eigenvalue weighted by Gasteiger charge is -2.31. The molecule has 1 aliphatic rings. The molecule has 1 fully saturated rings. The predicted octanol–water partition coefficient (Wildman–Crippen LogP) is 2.35. The van der Waals surface area contributed by atoms with Crippen LogP contribution in [0.1, 0.15) is 58.4 Å². The fourth-order valence-electron chi connectivity index (χ4n) is 3.79. The molecule has 1 saturated carbocycles. The maximum atomic E-state index is 13.0. The molecule has 0 spiro atoms. The topological polar surface area (TPSA) is 125 Å². The van der Waals surface area contributed by atoms with E-state index in [2.05, 4.69) is 5.32 Å². The maximum absolute atomic E-state index is 13.0. The minimum Gasteiger partial charge on any atom is -0.497 e. The summed E-state index contributed by atoms with van der Waals surface area (Å²) < 4.78 is 36.3. The van der Waals surface area contributed by atoms with E-state index in [0.29, 0.717) is 5.75 Å². The number of carbonyl (C=O) groups is 2. The molecule has 0 aromatic heterocycles. The van der Waals surface area contributed by atoms with E-state index in [1.807, 2.05) is 0 Å². The lowest BCUT2D eigenvalue weighted by molar-refractivity contribution is -0.163. The van der Waals surface area contributed by atoms with Gasteiger partial charge in [0, 0.05) is 6.54 Å². The molecule has 1 atom stereocenters. The highest BCUT2D eigenvalue weighted by Crippen LogP contribution is 2.26. The number of sulfone groups is 1. The van der Waals surface area contributed by atoms with Gasteiger partial charge in [0.15, 0.2) is 9.84 Å². The molecule has 2 rings (SSSR count). The van der Waals surface area contributed by atoms with E-state index in [9.17, 15) is 18.0 Å². The zero-order valence-electron chi connectivity index (χ0n) is 19.5. The number of esters is 1. The molecule has 3 N–H and O–H groups in total. The largest absolute Gasteiger partial charge is 0.497 e. The number of nitrogens with two attached hydrogens (primary N) is 1. The van der Waals surface area contributed by atoms with Gasteiger partial charge in [-0.3, -0.25) is 4.79 Å². The Bertz CT molecular complexity index is 886. The van der Waals surface area contributed by atoms with Gasteiger partial charge in [-0.2, -0.15) is 0 Å².